The van der Waals surface area contributed by atoms with Crippen molar-refractivity contribution in [1.82, 2.24) is 20.8 Å². The molecule has 2 amide bonds. The van der Waals surface area contributed by atoms with Gasteiger partial charge in [0, 0.05) is 6.92 Å². The second-order valence-electron chi connectivity index (χ2n) is 4.15. The van der Waals surface area contributed by atoms with Gasteiger partial charge in [-0.2, -0.15) is 4.98 Å². The number of aliphatic carboxylic acids is 1. The minimum absolute atomic E-state index is 0.102. The Bertz CT molecular complexity index is 474. The van der Waals surface area contributed by atoms with Gasteiger partial charge in [0.2, 0.25) is 5.89 Å². The minimum Gasteiger partial charge on any atom is -0.481 e. The maximum absolute atomic E-state index is 11.6. The summed E-state index contributed by atoms with van der Waals surface area (Å²) >= 11 is 0. The molecule has 2 heterocycles. The van der Waals surface area contributed by atoms with Crippen LogP contribution in [0.5, 0.6) is 0 Å². The van der Waals surface area contributed by atoms with Gasteiger partial charge in [0.25, 0.3) is 0 Å². The lowest BCUT2D eigenvalue weighted by Gasteiger charge is -2.15. The number of urea groups is 1. The van der Waals surface area contributed by atoms with Crippen LogP contribution in [0.2, 0.25) is 0 Å². The third-order valence-electron chi connectivity index (χ3n) is 2.69. The second kappa shape index (κ2) is 5.65. The Kier molecular flexibility index (Phi) is 3.95. The van der Waals surface area contributed by atoms with Crippen LogP contribution in [-0.2, 0) is 16.1 Å². The molecule has 9 nitrogen and oxygen atoms in total. The molecule has 2 rings (SSSR count). The highest BCUT2D eigenvalue weighted by atomic mass is 16.5. The Hall–Kier alpha value is -2.16. The van der Waals surface area contributed by atoms with Gasteiger partial charge in [-0.1, -0.05) is 5.16 Å². The van der Waals surface area contributed by atoms with Crippen molar-refractivity contribution < 1.29 is 24.0 Å². The zero-order valence-corrected chi connectivity index (χ0v) is 10.3. The van der Waals surface area contributed by atoms with Crippen LogP contribution in [0.25, 0.3) is 0 Å². The second-order valence-corrected chi connectivity index (χ2v) is 4.15. The number of carboxylic acids is 1. The van der Waals surface area contributed by atoms with Gasteiger partial charge in [-0.05, 0) is 0 Å². The quantitative estimate of drug-likeness (QED) is 0.658. The predicted molar refractivity (Wildman–Crippen MR) is 60.1 cm³/mol. The first kappa shape index (κ1) is 13.3. The fourth-order valence-corrected chi connectivity index (χ4v) is 1.73. The van der Waals surface area contributed by atoms with Crippen molar-refractivity contribution >= 4 is 12.0 Å². The molecule has 2 atom stereocenters. The summed E-state index contributed by atoms with van der Waals surface area (Å²) in [7, 11) is 0. The normalized spacial score (nSPS) is 22.2. The van der Waals surface area contributed by atoms with E-state index in [2.05, 4.69) is 20.8 Å². The average Bonchev–Trinajstić information content (AvgIpc) is 2.95. The number of amides is 2. The fourth-order valence-electron chi connectivity index (χ4n) is 1.73. The van der Waals surface area contributed by atoms with E-state index in [1.54, 1.807) is 6.92 Å². The third-order valence-corrected chi connectivity index (χ3v) is 2.69. The van der Waals surface area contributed by atoms with E-state index in [9.17, 15) is 9.59 Å². The molecule has 0 radical (unpaired) electrons. The van der Waals surface area contributed by atoms with Crippen LogP contribution in [0.4, 0.5) is 4.79 Å². The molecule has 1 fully saturated rings. The first-order valence-electron chi connectivity index (χ1n) is 5.70. The summed E-state index contributed by atoms with van der Waals surface area (Å²) in [5.41, 5.74) is 0. The lowest BCUT2D eigenvalue weighted by Crippen LogP contribution is -2.47. The van der Waals surface area contributed by atoms with Gasteiger partial charge in [-0.25, -0.2) is 4.79 Å². The van der Waals surface area contributed by atoms with Gasteiger partial charge in [-0.15, -0.1) is 0 Å². The number of rotatable bonds is 4. The molecular formula is C10H14N4O5. The largest absolute Gasteiger partial charge is 0.481 e. The summed E-state index contributed by atoms with van der Waals surface area (Å²) in [6.45, 7) is 2.04. The predicted octanol–water partition coefficient (Wildman–Crippen LogP) is -0.723. The van der Waals surface area contributed by atoms with E-state index in [1.807, 2.05) is 0 Å². The Morgan fingerprint density at radius 1 is 1.47 bits per heavy atom. The maximum atomic E-state index is 11.6. The van der Waals surface area contributed by atoms with Gasteiger partial charge < -0.3 is 25.0 Å². The Morgan fingerprint density at radius 3 is 2.89 bits per heavy atom. The lowest BCUT2D eigenvalue weighted by atomic mass is 10.0. The molecule has 9 heteroatoms. The number of nitrogens with one attached hydrogen (secondary N) is 2. The lowest BCUT2D eigenvalue weighted by molar-refractivity contribution is -0.142. The van der Waals surface area contributed by atoms with Crippen molar-refractivity contribution in [2.24, 2.45) is 5.92 Å². The smallest absolute Gasteiger partial charge is 0.315 e. The number of nitrogens with zero attached hydrogens (tertiary/aromatic N) is 2. The number of aromatic nitrogens is 2. The molecule has 2 unspecified atom stereocenters. The molecule has 0 aliphatic carbocycles. The Balaban J connectivity index is 1.79. The summed E-state index contributed by atoms with van der Waals surface area (Å²) in [6.07, 6.45) is 0. The molecule has 0 aromatic carbocycles. The van der Waals surface area contributed by atoms with Crippen molar-refractivity contribution in [2.45, 2.75) is 19.5 Å². The van der Waals surface area contributed by atoms with Crippen molar-refractivity contribution in [3.63, 3.8) is 0 Å². The van der Waals surface area contributed by atoms with Crippen LogP contribution in [-0.4, -0.2) is 46.5 Å². The number of carboxylic acid groups (broad SMARTS) is 1. The van der Waals surface area contributed by atoms with E-state index in [0.717, 1.165) is 0 Å². The molecule has 19 heavy (non-hydrogen) atoms. The highest BCUT2D eigenvalue weighted by molar-refractivity contribution is 5.77. The van der Waals surface area contributed by atoms with E-state index < -0.39 is 24.0 Å². The molecule has 0 saturated carbocycles. The molecule has 0 bridgehead atoms. The maximum Gasteiger partial charge on any atom is 0.315 e. The number of carbonyl (C=O) groups excluding carboxylic acids is 1. The standard InChI is InChI=1S/C10H14N4O5/c1-5-12-8(14-19-5)2-11-10(17)13-7-4-18-3-6(7)9(15)16/h6-7H,2-4H2,1H3,(H,15,16)(H2,11,13,17). The van der Waals surface area contributed by atoms with Crippen molar-refractivity contribution in [2.75, 3.05) is 13.2 Å². The third kappa shape index (κ3) is 3.41. The SMILES string of the molecule is Cc1nc(CNC(=O)NC2COCC2C(=O)O)no1. The van der Waals surface area contributed by atoms with Crippen LogP contribution in [0.15, 0.2) is 4.52 Å². The van der Waals surface area contributed by atoms with Gasteiger partial charge >= 0.3 is 12.0 Å². The molecule has 104 valence electrons. The molecular weight excluding hydrogens is 256 g/mol. The minimum atomic E-state index is -0.989. The average molecular weight is 270 g/mol. The van der Waals surface area contributed by atoms with Crippen LogP contribution in [0.3, 0.4) is 0 Å². The van der Waals surface area contributed by atoms with Gasteiger partial charge in [0.05, 0.1) is 25.8 Å². The van der Waals surface area contributed by atoms with E-state index in [1.165, 1.54) is 0 Å². The summed E-state index contributed by atoms with van der Waals surface area (Å²) in [6, 6.07) is -1.03. The van der Waals surface area contributed by atoms with Crippen molar-refractivity contribution in [1.29, 1.82) is 0 Å². The number of aryl methyl sites for hydroxylation is 1. The molecule has 1 aromatic heterocycles. The Morgan fingerprint density at radius 2 is 2.26 bits per heavy atom. The summed E-state index contributed by atoms with van der Waals surface area (Å²) in [4.78, 5) is 26.4. The highest BCUT2D eigenvalue weighted by Gasteiger charge is 2.35. The van der Waals surface area contributed by atoms with Crippen LogP contribution in [0, 0.1) is 12.8 Å². The van der Waals surface area contributed by atoms with Gasteiger partial charge in [0.15, 0.2) is 5.82 Å². The van der Waals surface area contributed by atoms with Crippen LogP contribution < -0.4 is 10.6 Å². The van der Waals surface area contributed by atoms with Crippen LogP contribution >= 0.6 is 0 Å². The molecule has 1 saturated heterocycles. The van der Waals surface area contributed by atoms with Crippen molar-refractivity contribution in [3.8, 4) is 0 Å². The first-order valence-corrected chi connectivity index (χ1v) is 5.70. The summed E-state index contributed by atoms with van der Waals surface area (Å²) < 4.78 is 9.78. The Labute approximate surface area is 108 Å². The molecule has 1 aliphatic heterocycles. The van der Waals surface area contributed by atoms with E-state index in [-0.39, 0.29) is 19.8 Å². The number of hydrogen-bond donors (Lipinski definition) is 3. The molecule has 1 aromatic rings. The zero-order chi connectivity index (χ0) is 13.8. The highest BCUT2D eigenvalue weighted by Crippen LogP contribution is 2.13. The van der Waals surface area contributed by atoms with Crippen molar-refractivity contribution in [3.05, 3.63) is 11.7 Å². The molecule has 3 N–H and O–H groups in total. The van der Waals surface area contributed by atoms with Gasteiger partial charge in [-0.3, -0.25) is 4.79 Å². The first-order chi connectivity index (χ1) is 9.06. The monoisotopic (exact) mass is 270 g/mol. The molecule has 1 aliphatic rings. The number of hydrogen-bond acceptors (Lipinski definition) is 6. The van der Waals surface area contributed by atoms with Crippen LogP contribution in [0.1, 0.15) is 11.7 Å². The van der Waals surface area contributed by atoms with Gasteiger partial charge in [0.1, 0.15) is 5.92 Å². The zero-order valence-electron chi connectivity index (χ0n) is 10.3. The van der Waals surface area contributed by atoms with E-state index in [4.69, 9.17) is 14.4 Å². The fraction of sp³-hybridized carbons (Fsp3) is 0.600. The molecule has 0 spiro atoms. The van der Waals surface area contributed by atoms with E-state index in [0.29, 0.717) is 11.7 Å². The number of ether oxygens (including phenoxy) is 1. The summed E-state index contributed by atoms with van der Waals surface area (Å²) in [5, 5.41) is 17.6. The number of carbonyl (C=O) groups is 2. The summed E-state index contributed by atoms with van der Waals surface area (Å²) in [5.74, 6) is -0.952. The van der Waals surface area contributed by atoms with E-state index >= 15 is 0 Å². The topological polar surface area (TPSA) is 127 Å².